The number of hydrogen-bond donors (Lipinski definition) is 1. The molecule has 0 saturated carbocycles. The van der Waals surface area contributed by atoms with Gasteiger partial charge in [-0.05, 0) is 30.0 Å². The second kappa shape index (κ2) is 7.63. The summed E-state index contributed by atoms with van der Waals surface area (Å²) in [5, 5.41) is 3.75. The van der Waals surface area contributed by atoms with Crippen molar-refractivity contribution in [2.24, 2.45) is 4.99 Å². The Morgan fingerprint density at radius 1 is 1.48 bits per heavy atom. The van der Waals surface area contributed by atoms with Crippen LogP contribution in [0.5, 0.6) is 0 Å². The highest BCUT2D eigenvalue weighted by molar-refractivity contribution is 8.18. The fraction of sp³-hybridized carbons (Fsp3) is 0.154. The number of benzene rings is 1. The van der Waals surface area contributed by atoms with Crippen molar-refractivity contribution in [1.29, 1.82) is 0 Å². The molecule has 0 unspecified atom stereocenters. The zero-order valence-electron chi connectivity index (χ0n) is 11.3. The lowest BCUT2D eigenvalue weighted by atomic mass is 10.3. The van der Waals surface area contributed by atoms with Crippen LogP contribution in [-0.2, 0) is 9.59 Å². The van der Waals surface area contributed by atoms with Crippen molar-refractivity contribution in [2.75, 3.05) is 19.4 Å². The topological polar surface area (TPSA) is 61.8 Å². The molecule has 1 fully saturated rings. The molecule has 0 spiro atoms. The van der Waals surface area contributed by atoms with Crippen LogP contribution in [0.1, 0.15) is 0 Å². The lowest BCUT2D eigenvalue weighted by Crippen LogP contribution is -3.00. The molecule has 2 rings (SSSR count). The van der Waals surface area contributed by atoms with Crippen LogP contribution in [0.15, 0.2) is 40.2 Å². The molecule has 1 N–H and O–H groups in total. The summed E-state index contributed by atoms with van der Waals surface area (Å²) in [6.45, 7) is 0. The first kappa shape index (κ1) is 17.7. The smallest absolute Gasteiger partial charge is 0.266 e. The Labute approximate surface area is 142 Å². The molecular weight excluding hydrogens is 378 g/mol. The Bertz CT molecular complexity index is 634. The fourth-order valence-corrected chi connectivity index (χ4v) is 2.70. The lowest BCUT2D eigenvalue weighted by molar-refractivity contribution is -0.121. The Kier molecular flexibility index (Phi) is 6.44. The van der Waals surface area contributed by atoms with Crippen LogP contribution in [0.3, 0.4) is 0 Å². The SMILES string of the molecule is CN=C1S/C(=C\C(=O)Nc2cccc(Cl)c2)C(=O)N1C.[Br-]. The highest BCUT2D eigenvalue weighted by Crippen LogP contribution is 2.29. The molecule has 21 heavy (non-hydrogen) atoms. The summed E-state index contributed by atoms with van der Waals surface area (Å²) in [7, 11) is 3.22. The molecule has 0 bridgehead atoms. The molecular formula is C13H12BrClN3O2S-. The molecule has 0 aliphatic carbocycles. The quantitative estimate of drug-likeness (QED) is 0.684. The molecule has 1 aromatic carbocycles. The second-order valence-electron chi connectivity index (χ2n) is 3.98. The zero-order chi connectivity index (χ0) is 14.7. The number of amides is 2. The maximum atomic E-state index is 11.9. The molecule has 8 heteroatoms. The van der Waals surface area contributed by atoms with E-state index in [1.165, 1.54) is 22.7 Å². The summed E-state index contributed by atoms with van der Waals surface area (Å²) >= 11 is 7.00. The summed E-state index contributed by atoms with van der Waals surface area (Å²) in [4.78, 5) is 29.5. The first-order valence-electron chi connectivity index (χ1n) is 5.72. The third kappa shape index (κ3) is 4.33. The van der Waals surface area contributed by atoms with Gasteiger partial charge in [0.15, 0.2) is 5.17 Å². The minimum atomic E-state index is -0.381. The van der Waals surface area contributed by atoms with Crippen molar-refractivity contribution in [1.82, 2.24) is 4.90 Å². The van der Waals surface area contributed by atoms with Crippen LogP contribution in [0.25, 0.3) is 0 Å². The Balaban J connectivity index is 0.00000220. The number of aliphatic imine (C=N–C) groups is 1. The van der Waals surface area contributed by atoms with E-state index < -0.39 is 0 Å². The third-order valence-electron chi connectivity index (χ3n) is 2.55. The van der Waals surface area contributed by atoms with Crippen LogP contribution >= 0.6 is 23.4 Å². The number of likely N-dealkylation sites (N-methyl/N-ethyl adjacent to an activating group) is 1. The predicted molar refractivity (Wildman–Crippen MR) is 81.9 cm³/mol. The van der Waals surface area contributed by atoms with Gasteiger partial charge in [0.05, 0.1) is 4.91 Å². The zero-order valence-corrected chi connectivity index (χ0v) is 14.4. The number of nitrogens with zero attached hydrogens (tertiary/aromatic N) is 2. The molecule has 112 valence electrons. The van der Waals surface area contributed by atoms with E-state index in [1.807, 2.05) is 0 Å². The molecule has 0 atom stereocenters. The van der Waals surface area contributed by atoms with Gasteiger partial charge in [0.25, 0.3) is 5.91 Å². The minimum absolute atomic E-state index is 0. The van der Waals surface area contributed by atoms with E-state index in [0.717, 1.165) is 0 Å². The average molecular weight is 390 g/mol. The average Bonchev–Trinajstić information content (AvgIpc) is 2.66. The van der Waals surface area contributed by atoms with Crippen LogP contribution in [0.4, 0.5) is 5.69 Å². The Hall–Kier alpha value is -1.31. The van der Waals surface area contributed by atoms with Crippen molar-refractivity contribution >= 4 is 46.0 Å². The number of nitrogens with one attached hydrogen (secondary N) is 1. The number of carbonyl (C=O) groups is 2. The van der Waals surface area contributed by atoms with Gasteiger partial charge in [0, 0.05) is 30.9 Å². The fourth-order valence-electron chi connectivity index (χ4n) is 1.61. The molecule has 0 aromatic heterocycles. The summed E-state index contributed by atoms with van der Waals surface area (Å²) < 4.78 is 0. The summed E-state index contributed by atoms with van der Waals surface area (Å²) in [5.41, 5.74) is 0.576. The Morgan fingerprint density at radius 2 is 2.19 bits per heavy atom. The number of halogens is 2. The molecule has 1 aromatic rings. The minimum Gasteiger partial charge on any atom is -1.00 e. The van der Waals surface area contributed by atoms with Crippen molar-refractivity contribution < 1.29 is 26.6 Å². The number of amidine groups is 1. The normalized spacial score (nSPS) is 18.0. The standard InChI is InChI=1S/C13H12ClN3O2S.BrH/c1-15-13-17(2)12(19)10(20-13)7-11(18)16-9-5-3-4-8(14)6-9;/h3-7H,1-2H3,(H,16,18);1H/p-1/b10-7-,15-13?;. The molecule has 0 radical (unpaired) electrons. The van der Waals surface area contributed by atoms with E-state index in [4.69, 9.17) is 11.6 Å². The van der Waals surface area contributed by atoms with E-state index in [-0.39, 0.29) is 28.8 Å². The van der Waals surface area contributed by atoms with E-state index in [0.29, 0.717) is 20.8 Å². The van der Waals surface area contributed by atoms with Crippen molar-refractivity contribution in [3.8, 4) is 0 Å². The van der Waals surface area contributed by atoms with Gasteiger partial charge in [-0.25, -0.2) is 0 Å². The van der Waals surface area contributed by atoms with Crippen molar-refractivity contribution in [3.63, 3.8) is 0 Å². The van der Waals surface area contributed by atoms with E-state index >= 15 is 0 Å². The maximum absolute atomic E-state index is 11.9. The number of carbonyl (C=O) groups excluding carboxylic acids is 2. The molecule has 1 saturated heterocycles. The van der Waals surface area contributed by atoms with Gasteiger partial charge < -0.3 is 22.3 Å². The lowest BCUT2D eigenvalue weighted by Gasteiger charge is -2.05. The molecule has 1 aliphatic heterocycles. The van der Waals surface area contributed by atoms with Crippen molar-refractivity contribution in [2.45, 2.75) is 0 Å². The monoisotopic (exact) mass is 388 g/mol. The number of hydrogen-bond acceptors (Lipinski definition) is 4. The highest BCUT2D eigenvalue weighted by atomic mass is 79.9. The Morgan fingerprint density at radius 3 is 2.76 bits per heavy atom. The molecule has 5 nitrogen and oxygen atoms in total. The van der Waals surface area contributed by atoms with Crippen LogP contribution in [-0.4, -0.2) is 36.0 Å². The molecule has 1 aliphatic rings. The maximum Gasteiger partial charge on any atom is 0.266 e. The first-order valence-corrected chi connectivity index (χ1v) is 6.91. The summed E-state index contributed by atoms with van der Waals surface area (Å²) in [6.07, 6.45) is 1.27. The van der Waals surface area contributed by atoms with Gasteiger partial charge in [-0.15, -0.1) is 0 Å². The number of anilines is 1. The van der Waals surface area contributed by atoms with E-state index in [2.05, 4.69) is 10.3 Å². The van der Waals surface area contributed by atoms with Crippen LogP contribution in [0, 0.1) is 0 Å². The van der Waals surface area contributed by atoms with Crippen LogP contribution in [0.2, 0.25) is 5.02 Å². The van der Waals surface area contributed by atoms with Crippen molar-refractivity contribution in [3.05, 3.63) is 40.3 Å². The molecule has 1 heterocycles. The van der Waals surface area contributed by atoms with Gasteiger partial charge in [-0.2, -0.15) is 0 Å². The largest absolute Gasteiger partial charge is 1.00 e. The highest BCUT2D eigenvalue weighted by Gasteiger charge is 2.30. The van der Waals surface area contributed by atoms with Gasteiger partial charge in [-0.3, -0.25) is 19.5 Å². The van der Waals surface area contributed by atoms with Gasteiger partial charge >= 0.3 is 0 Å². The summed E-state index contributed by atoms with van der Waals surface area (Å²) in [6, 6.07) is 6.80. The van der Waals surface area contributed by atoms with Gasteiger partial charge in [-0.1, -0.05) is 17.7 Å². The van der Waals surface area contributed by atoms with E-state index in [9.17, 15) is 9.59 Å². The second-order valence-corrected chi connectivity index (χ2v) is 5.43. The van der Waals surface area contributed by atoms with Gasteiger partial charge in [0.2, 0.25) is 5.91 Å². The number of rotatable bonds is 2. The van der Waals surface area contributed by atoms with Gasteiger partial charge in [0.1, 0.15) is 0 Å². The molecule has 2 amide bonds. The van der Waals surface area contributed by atoms with Crippen LogP contribution < -0.4 is 22.3 Å². The predicted octanol–water partition coefficient (Wildman–Crippen LogP) is -0.643. The van der Waals surface area contributed by atoms with E-state index in [1.54, 1.807) is 38.4 Å². The number of thioether (sulfide) groups is 1. The third-order valence-corrected chi connectivity index (χ3v) is 3.94. The summed E-state index contributed by atoms with van der Waals surface area (Å²) in [5.74, 6) is -0.620. The first-order chi connectivity index (χ1) is 9.51.